The van der Waals surface area contributed by atoms with Crippen molar-refractivity contribution in [1.82, 2.24) is 0 Å². The molecule has 0 unspecified atom stereocenters. The molecule has 1 aliphatic heterocycles. The first-order valence-corrected chi connectivity index (χ1v) is 6.53. The molecular formula is C7H6N2O4S2. The van der Waals surface area contributed by atoms with Crippen molar-refractivity contribution < 1.29 is 13.3 Å². The average molecular weight is 246 g/mol. The maximum atomic E-state index is 11.2. The predicted octanol–water partition coefficient (Wildman–Crippen LogP) is 1.40. The van der Waals surface area contributed by atoms with Crippen molar-refractivity contribution in [2.45, 2.75) is 4.90 Å². The summed E-state index contributed by atoms with van der Waals surface area (Å²) in [6, 6.07) is 4.03. The number of rotatable bonds is 1. The molecule has 8 heteroatoms. The third-order valence-electron chi connectivity index (χ3n) is 1.81. The third-order valence-corrected chi connectivity index (χ3v) is 4.70. The summed E-state index contributed by atoms with van der Waals surface area (Å²) >= 11 is 1.07. The number of hydrogen-bond acceptors (Lipinski definition) is 5. The number of fused-ring (bicyclic) bond motifs is 1. The van der Waals surface area contributed by atoms with E-state index in [1.54, 1.807) is 0 Å². The van der Waals surface area contributed by atoms with Gasteiger partial charge in [0.2, 0.25) is 10.0 Å². The first kappa shape index (κ1) is 10.2. The van der Waals surface area contributed by atoms with Crippen LogP contribution in [0.5, 0.6) is 0 Å². The van der Waals surface area contributed by atoms with Crippen LogP contribution in [-0.2, 0) is 10.0 Å². The summed E-state index contributed by atoms with van der Waals surface area (Å²) in [5.74, 6) is 0. The van der Waals surface area contributed by atoms with Crippen LogP contribution >= 0.6 is 11.8 Å². The van der Waals surface area contributed by atoms with E-state index in [1.807, 2.05) is 0 Å². The molecule has 0 saturated carbocycles. The van der Waals surface area contributed by atoms with E-state index in [0.29, 0.717) is 10.6 Å². The molecule has 0 atom stereocenters. The van der Waals surface area contributed by atoms with Gasteiger partial charge in [0.1, 0.15) is 5.08 Å². The monoisotopic (exact) mass is 246 g/mol. The molecule has 1 heterocycles. The fourth-order valence-electron chi connectivity index (χ4n) is 1.17. The van der Waals surface area contributed by atoms with Gasteiger partial charge in [0.05, 0.1) is 10.6 Å². The molecule has 1 aliphatic rings. The Morgan fingerprint density at radius 1 is 1.47 bits per heavy atom. The number of nitro groups is 1. The van der Waals surface area contributed by atoms with E-state index in [2.05, 4.69) is 4.72 Å². The Hall–Kier alpha value is -1.28. The number of nitrogens with zero attached hydrogens (tertiary/aromatic N) is 1. The highest BCUT2D eigenvalue weighted by Gasteiger charge is 2.22. The summed E-state index contributed by atoms with van der Waals surface area (Å²) in [4.78, 5) is 10.5. The first-order valence-electron chi connectivity index (χ1n) is 3.90. The Balaban J connectivity index is 2.45. The van der Waals surface area contributed by atoms with Gasteiger partial charge in [-0.15, -0.1) is 11.8 Å². The number of thioether (sulfide) groups is 1. The van der Waals surface area contributed by atoms with Crippen molar-refractivity contribution in [1.29, 1.82) is 0 Å². The largest absolute Gasteiger partial charge is 0.282 e. The SMILES string of the molecule is O=[N+]([O-])c1ccc2c(c1)SCS(=O)(=O)N2. The molecule has 0 spiro atoms. The summed E-state index contributed by atoms with van der Waals surface area (Å²) in [5.41, 5.74) is 0.360. The van der Waals surface area contributed by atoms with Crippen LogP contribution in [0, 0.1) is 10.1 Å². The lowest BCUT2D eigenvalue weighted by Gasteiger charge is -2.16. The van der Waals surface area contributed by atoms with Crippen LogP contribution in [0.15, 0.2) is 23.1 Å². The highest BCUT2D eigenvalue weighted by atomic mass is 32.3. The van der Waals surface area contributed by atoms with Crippen LogP contribution in [0.3, 0.4) is 0 Å². The van der Waals surface area contributed by atoms with E-state index in [4.69, 9.17) is 0 Å². The van der Waals surface area contributed by atoms with Gasteiger partial charge in [-0.25, -0.2) is 8.42 Å². The van der Waals surface area contributed by atoms with Gasteiger partial charge in [0, 0.05) is 17.0 Å². The molecule has 6 nitrogen and oxygen atoms in total. The Bertz CT molecular complexity index is 526. The van der Waals surface area contributed by atoms with E-state index in [1.165, 1.54) is 18.2 Å². The first-order chi connectivity index (χ1) is 6.98. The maximum absolute atomic E-state index is 11.2. The molecule has 1 N–H and O–H groups in total. The minimum absolute atomic E-state index is 0.0395. The Labute approximate surface area is 89.9 Å². The van der Waals surface area contributed by atoms with E-state index in [0.717, 1.165) is 11.8 Å². The second-order valence-electron chi connectivity index (χ2n) is 2.92. The van der Waals surface area contributed by atoms with Crippen molar-refractivity contribution in [2.75, 3.05) is 9.81 Å². The topological polar surface area (TPSA) is 89.3 Å². The lowest BCUT2D eigenvalue weighted by atomic mass is 10.3. The van der Waals surface area contributed by atoms with E-state index in [9.17, 15) is 18.5 Å². The van der Waals surface area contributed by atoms with Crippen molar-refractivity contribution in [3.8, 4) is 0 Å². The fourth-order valence-corrected chi connectivity index (χ4v) is 3.59. The van der Waals surface area contributed by atoms with Gasteiger partial charge in [0.15, 0.2) is 0 Å². The highest BCUT2D eigenvalue weighted by molar-refractivity contribution is 8.13. The number of benzene rings is 1. The van der Waals surface area contributed by atoms with E-state index < -0.39 is 14.9 Å². The molecule has 1 aromatic rings. The Morgan fingerprint density at radius 3 is 2.87 bits per heavy atom. The minimum Gasteiger partial charge on any atom is -0.282 e. The van der Waals surface area contributed by atoms with Crippen LogP contribution in [-0.4, -0.2) is 18.4 Å². The van der Waals surface area contributed by atoms with Gasteiger partial charge >= 0.3 is 0 Å². The van der Waals surface area contributed by atoms with Gasteiger partial charge in [-0.3, -0.25) is 14.8 Å². The van der Waals surface area contributed by atoms with Gasteiger partial charge in [-0.2, -0.15) is 0 Å². The number of non-ortho nitro benzene ring substituents is 1. The zero-order valence-corrected chi connectivity index (χ0v) is 8.97. The molecule has 0 amide bonds. The van der Waals surface area contributed by atoms with Gasteiger partial charge in [-0.1, -0.05) is 0 Å². The van der Waals surface area contributed by atoms with Gasteiger partial charge < -0.3 is 0 Å². The number of nitro benzene ring substituents is 1. The molecule has 0 aliphatic carbocycles. The van der Waals surface area contributed by atoms with Crippen LogP contribution in [0.4, 0.5) is 11.4 Å². The second kappa shape index (κ2) is 3.38. The van der Waals surface area contributed by atoms with Crippen molar-refractivity contribution in [2.24, 2.45) is 0 Å². The second-order valence-corrected chi connectivity index (χ2v) is 6.02. The van der Waals surface area contributed by atoms with E-state index >= 15 is 0 Å². The van der Waals surface area contributed by atoms with Crippen LogP contribution in [0.1, 0.15) is 0 Å². The Kier molecular flexibility index (Phi) is 2.31. The van der Waals surface area contributed by atoms with Crippen molar-refractivity contribution in [3.05, 3.63) is 28.3 Å². The van der Waals surface area contributed by atoms with Crippen molar-refractivity contribution >= 4 is 33.2 Å². The summed E-state index contributed by atoms with van der Waals surface area (Å²) < 4.78 is 24.7. The lowest BCUT2D eigenvalue weighted by Crippen LogP contribution is -2.19. The molecule has 2 rings (SSSR count). The summed E-state index contributed by atoms with van der Waals surface area (Å²) in [6.07, 6.45) is 0. The van der Waals surface area contributed by atoms with Crippen molar-refractivity contribution in [3.63, 3.8) is 0 Å². The number of hydrogen-bond donors (Lipinski definition) is 1. The standard InChI is InChI=1S/C7H6N2O4S2/c10-9(11)5-1-2-6-7(3-5)14-4-15(12,13)8-6/h1-3,8H,4H2. The summed E-state index contributed by atoms with van der Waals surface area (Å²) in [6.45, 7) is 0. The molecule has 0 saturated heterocycles. The quantitative estimate of drug-likeness (QED) is 0.597. The smallest absolute Gasteiger partial charge is 0.270 e. The number of nitrogens with one attached hydrogen (secondary N) is 1. The molecule has 0 fully saturated rings. The van der Waals surface area contributed by atoms with Gasteiger partial charge in [-0.05, 0) is 6.07 Å². The zero-order chi connectivity index (χ0) is 11.1. The fraction of sp³-hybridized carbons (Fsp3) is 0.143. The molecular weight excluding hydrogens is 240 g/mol. The number of sulfonamides is 1. The van der Waals surface area contributed by atoms with Crippen LogP contribution in [0.2, 0.25) is 0 Å². The highest BCUT2D eigenvalue weighted by Crippen LogP contribution is 2.36. The summed E-state index contributed by atoms with van der Waals surface area (Å²) in [7, 11) is -3.29. The summed E-state index contributed by atoms with van der Waals surface area (Å²) in [5, 5.41) is 10.4. The van der Waals surface area contributed by atoms with E-state index in [-0.39, 0.29) is 10.8 Å². The average Bonchev–Trinajstić information content (AvgIpc) is 2.15. The maximum Gasteiger partial charge on any atom is 0.270 e. The number of anilines is 1. The molecule has 0 aromatic heterocycles. The molecule has 1 aromatic carbocycles. The molecule has 0 radical (unpaired) electrons. The van der Waals surface area contributed by atoms with Gasteiger partial charge in [0.25, 0.3) is 5.69 Å². The zero-order valence-electron chi connectivity index (χ0n) is 7.34. The normalized spacial score (nSPS) is 17.6. The van der Waals surface area contributed by atoms with Crippen LogP contribution in [0.25, 0.3) is 0 Å². The minimum atomic E-state index is -3.29. The van der Waals surface area contributed by atoms with Crippen LogP contribution < -0.4 is 4.72 Å². The molecule has 80 valence electrons. The third kappa shape index (κ3) is 2.05. The lowest BCUT2D eigenvalue weighted by molar-refractivity contribution is -0.385. The molecule has 15 heavy (non-hydrogen) atoms. The Morgan fingerprint density at radius 2 is 2.20 bits per heavy atom. The molecule has 0 bridgehead atoms. The predicted molar refractivity (Wildman–Crippen MR) is 56.4 cm³/mol.